The molecule has 78 valence electrons. The van der Waals surface area contributed by atoms with Crippen LogP contribution in [-0.4, -0.2) is 14.5 Å². The van der Waals surface area contributed by atoms with Crippen LogP contribution in [0.3, 0.4) is 0 Å². The van der Waals surface area contributed by atoms with Gasteiger partial charge in [-0.1, -0.05) is 17.8 Å². The molecule has 0 atom stereocenters. The van der Waals surface area contributed by atoms with Gasteiger partial charge in [0.1, 0.15) is 5.82 Å². The van der Waals surface area contributed by atoms with Crippen LogP contribution in [0.15, 0.2) is 35.9 Å². The van der Waals surface area contributed by atoms with Gasteiger partial charge < -0.3 is 10.3 Å². The molecular weight excluding hydrogens is 208 g/mol. The maximum atomic E-state index is 5.51. The molecule has 0 unspecified atom stereocenters. The van der Waals surface area contributed by atoms with Crippen molar-refractivity contribution in [2.45, 2.75) is 10.9 Å². The monoisotopic (exact) mass is 220 g/mol. The zero-order valence-electron chi connectivity index (χ0n) is 8.42. The van der Waals surface area contributed by atoms with E-state index in [-0.39, 0.29) is 0 Å². The first kappa shape index (κ1) is 10.0. The van der Waals surface area contributed by atoms with Crippen LogP contribution >= 0.6 is 11.8 Å². The van der Waals surface area contributed by atoms with Gasteiger partial charge in [-0.15, -0.1) is 0 Å². The first-order valence-electron chi connectivity index (χ1n) is 4.56. The van der Waals surface area contributed by atoms with Crippen molar-refractivity contribution in [1.82, 2.24) is 14.5 Å². The van der Waals surface area contributed by atoms with E-state index >= 15 is 0 Å². The average molecular weight is 220 g/mol. The molecule has 0 aromatic carbocycles. The highest BCUT2D eigenvalue weighted by atomic mass is 32.2. The quantitative estimate of drug-likeness (QED) is 0.800. The third-order valence-corrected chi connectivity index (χ3v) is 3.12. The van der Waals surface area contributed by atoms with Crippen LogP contribution in [0.5, 0.6) is 0 Å². The van der Waals surface area contributed by atoms with Crippen molar-refractivity contribution >= 4 is 17.6 Å². The summed E-state index contributed by atoms with van der Waals surface area (Å²) in [6.45, 7) is 0. The van der Waals surface area contributed by atoms with E-state index in [1.165, 1.54) is 0 Å². The number of aromatic nitrogens is 3. The number of imidazole rings is 1. The number of hydrogen-bond acceptors (Lipinski definition) is 4. The van der Waals surface area contributed by atoms with Crippen molar-refractivity contribution in [3.8, 4) is 0 Å². The Morgan fingerprint density at radius 1 is 1.40 bits per heavy atom. The molecule has 0 amide bonds. The summed E-state index contributed by atoms with van der Waals surface area (Å²) in [5.41, 5.74) is 6.66. The normalized spacial score (nSPS) is 10.5. The lowest BCUT2D eigenvalue weighted by atomic mass is 10.3. The minimum absolute atomic E-state index is 0.556. The average Bonchev–Trinajstić information content (AvgIpc) is 2.63. The van der Waals surface area contributed by atoms with Crippen molar-refractivity contribution in [3.05, 3.63) is 36.3 Å². The van der Waals surface area contributed by atoms with Gasteiger partial charge in [0.15, 0.2) is 5.16 Å². The lowest BCUT2D eigenvalue weighted by Gasteiger charge is -2.01. The maximum absolute atomic E-state index is 5.51. The zero-order valence-corrected chi connectivity index (χ0v) is 9.24. The summed E-state index contributed by atoms with van der Waals surface area (Å²) in [5, 5.41) is 1.01. The molecule has 0 saturated carbocycles. The summed E-state index contributed by atoms with van der Waals surface area (Å²) in [7, 11) is 1.98. The van der Waals surface area contributed by atoms with Gasteiger partial charge >= 0.3 is 0 Å². The largest absolute Gasteiger partial charge is 0.384 e. The fourth-order valence-electron chi connectivity index (χ4n) is 1.16. The van der Waals surface area contributed by atoms with Gasteiger partial charge in [-0.3, -0.25) is 0 Å². The van der Waals surface area contributed by atoms with E-state index in [0.717, 1.165) is 16.5 Å². The molecule has 0 aliphatic heterocycles. The van der Waals surface area contributed by atoms with Crippen LogP contribution in [0.4, 0.5) is 5.82 Å². The van der Waals surface area contributed by atoms with Crippen LogP contribution in [-0.2, 0) is 12.8 Å². The van der Waals surface area contributed by atoms with Gasteiger partial charge in [-0.25, -0.2) is 9.97 Å². The Hall–Kier alpha value is -1.49. The summed E-state index contributed by atoms with van der Waals surface area (Å²) < 4.78 is 2.00. The Bertz CT molecular complexity index is 435. The van der Waals surface area contributed by atoms with Crippen LogP contribution in [0.1, 0.15) is 5.56 Å². The second-order valence-electron chi connectivity index (χ2n) is 3.20. The molecule has 0 fully saturated rings. The predicted octanol–water partition coefficient (Wildman–Crippen LogP) is 1.69. The molecule has 4 nitrogen and oxygen atoms in total. The summed E-state index contributed by atoms with van der Waals surface area (Å²) in [5.74, 6) is 1.42. The minimum Gasteiger partial charge on any atom is -0.384 e. The van der Waals surface area contributed by atoms with Crippen molar-refractivity contribution < 1.29 is 0 Å². The molecule has 0 spiro atoms. The Morgan fingerprint density at radius 2 is 2.27 bits per heavy atom. The number of nitrogens with zero attached hydrogens (tertiary/aromatic N) is 3. The van der Waals surface area contributed by atoms with Gasteiger partial charge in [-0.2, -0.15) is 0 Å². The zero-order chi connectivity index (χ0) is 10.7. The lowest BCUT2D eigenvalue weighted by Crippen LogP contribution is -1.92. The Morgan fingerprint density at radius 3 is 2.87 bits per heavy atom. The number of rotatable bonds is 3. The summed E-state index contributed by atoms with van der Waals surface area (Å²) >= 11 is 1.68. The standard InChI is InChI=1S/C10H12N4S/c1-14-5-4-12-10(14)15-7-8-2-3-9(11)13-6-8/h2-6H,7H2,1H3,(H2,11,13). The lowest BCUT2D eigenvalue weighted by molar-refractivity contribution is 0.790. The maximum Gasteiger partial charge on any atom is 0.167 e. The highest BCUT2D eigenvalue weighted by Gasteiger charge is 2.00. The first-order chi connectivity index (χ1) is 7.25. The van der Waals surface area contributed by atoms with E-state index < -0.39 is 0 Å². The van der Waals surface area contributed by atoms with E-state index in [2.05, 4.69) is 9.97 Å². The number of nitrogens with two attached hydrogens (primary N) is 1. The number of pyridine rings is 1. The molecule has 2 aromatic rings. The number of anilines is 1. The van der Waals surface area contributed by atoms with Gasteiger partial charge in [0.25, 0.3) is 0 Å². The summed E-state index contributed by atoms with van der Waals surface area (Å²) in [6, 6.07) is 3.80. The van der Waals surface area contributed by atoms with Gasteiger partial charge in [0.2, 0.25) is 0 Å². The fourth-order valence-corrected chi connectivity index (χ4v) is 2.03. The van der Waals surface area contributed by atoms with E-state index in [0.29, 0.717) is 5.82 Å². The van der Waals surface area contributed by atoms with Crippen molar-refractivity contribution in [3.63, 3.8) is 0 Å². The van der Waals surface area contributed by atoms with Crippen molar-refractivity contribution in [2.75, 3.05) is 5.73 Å². The third kappa shape index (κ3) is 2.50. The molecule has 0 radical (unpaired) electrons. The van der Waals surface area contributed by atoms with E-state index in [1.807, 2.05) is 29.9 Å². The smallest absolute Gasteiger partial charge is 0.167 e. The van der Waals surface area contributed by atoms with Crippen LogP contribution in [0.25, 0.3) is 0 Å². The van der Waals surface area contributed by atoms with E-state index in [9.17, 15) is 0 Å². The fraction of sp³-hybridized carbons (Fsp3) is 0.200. The molecule has 0 bridgehead atoms. The predicted molar refractivity (Wildman–Crippen MR) is 61.4 cm³/mol. The number of nitrogen functional groups attached to an aromatic ring is 1. The number of hydrogen-bond donors (Lipinski definition) is 1. The molecule has 0 saturated heterocycles. The molecule has 2 heterocycles. The minimum atomic E-state index is 0.556. The summed E-state index contributed by atoms with van der Waals surface area (Å²) in [4.78, 5) is 8.27. The van der Waals surface area contributed by atoms with Gasteiger partial charge in [0, 0.05) is 31.4 Å². The second kappa shape index (κ2) is 4.35. The van der Waals surface area contributed by atoms with Crippen molar-refractivity contribution in [1.29, 1.82) is 0 Å². The molecule has 0 aliphatic carbocycles. The second-order valence-corrected chi connectivity index (χ2v) is 4.14. The van der Waals surface area contributed by atoms with E-state index in [4.69, 9.17) is 5.73 Å². The molecule has 2 rings (SSSR count). The van der Waals surface area contributed by atoms with Crippen molar-refractivity contribution in [2.24, 2.45) is 7.05 Å². The highest BCUT2D eigenvalue weighted by molar-refractivity contribution is 7.98. The Balaban J connectivity index is 1.99. The number of aryl methyl sites for hydroxylation is 1. The molecule has 2 aromatic heterocycles. The molecule has 5 heteroatoms. The van der Waals surface area contributed by atoms with Gasteiger partial charge in [0.05, 0.1) is 0 Å². The Labute approximate surface area is 92.5 Å². The Kier molecular flexibility index (Phi) is 2.91. The SMILES string of the molecule is Cn1ccnc1SCc1ccc(N)nc1. The summed E-state index contributed by atoms with van der Waals surface area (Å²) in [6.07, 6.45) is 5.53. The molecule has 2 N–H and O–H groups in total. The third-order valence-electron chi connectivity index (χ3n) is 1.99. The van der Waals surface area contributed by atoms with Crippen LogP contribution in [0.2, 0.25) is 0 Å². The van der Waals surface area contributed by atoms with Crippen LogP contribution < -0.4 is 5.73 Å². The topological polar surface area (TPSA) is 56.7 Å². The number of thioether (sulfide) groups is 1. The molecular formula is C10H12N4S. The molecule has 15 heavy (non-hydrogen) atoms. The van der Waals surface area contributed by atoms with Crippen LogP contribution in [0, 0.1) is 0 Å². The first-order valence-corrected chi connectivity index (χ1v) is 5.55. The van der Waals surface area contributed by atoms with E-state index in [1.54, 1.807) is 24.2 Å². The van der Waals surface area contributed by atoms with Gasteiger partial charge in [-0.05, 0) is 11.6 Å². The molecule has 0 aliphatic rings. The highest BCUT2D eigenvalue weighted by Crippen LogP contribution is 2.19.